The van der Waals surface area contributed by atoms with E-state index in [0.29, 0.717) is 45.5 Å². The van der Waals surface area contributed by atoms with E-state index in [1.807, 2.05) is 13.8 Å². The van der Waals surface area contributed by atoms with Gasteiger partial charge in [0, 0.05) is 11.4 Å². The van der Waals surface area contributed by atoms with Crippen LogP contribution in [-0.4, -0.2) is 38.2 Å². The Bertz CT molecular complexity index is 1230. The predicted octanol–water partition coefficient (Wildman–Crippen LogP) is 4.09. The zero-order valence-electron chi connectivity index (χ0n) is 17.3. The van der Waals surface area contributed by atoms with Crippen molar-refractivity contribution in [3.05, 3.63) is 47.3 Å². The van der Waals surface area contributed by atoms with Gasteiger partial charge in [0.25, 0.3) is 5.91 Å². The standard InChI is InChI=1S/C21H21N5O4S/c1-4-29-18(27)8-13-11-31-21(23-13)25-20(28)14-9-16(17-6-5-7-30-17)24-19-15(14)10-22-26(19)12(2)3/h5-7,9-12H,4,8H2,1-3H3,(H,23,25,28). The maximum Gasteiger partial charge on any atom is 0.311 e. The first-order valence-electron chi connectivity index (χ1n) is 9.79. The van der Waals surface area contributed by atoms with Crippen molar-refractivity contribution in [1.82, 2.24) is 19.7 Å². The molecule has 0 aliphatic heterocycles. The smallest absolute Gasteiger partial charge is 0.311 e. The molecule has 9 nitrogen and oxygen atoms in total. The molecule has 0 aromatic carbocycles. The van der Waals surface area contributed by atoms with E-state index in [1.165, 1.54) is 11.3 Å². The number of carbonyl (C=O) groups excluding carboxylic acids is 2. The molecule has 4 heterocycles. The van der Waals surface area contributed by atoms with Gasteiger partial charge in [0.1, 0.15) is 5.69 Å². The number of fused-ring (bicyclic) bond motifs is 1. The zero-order valence-corrected chi connectivity index (χ0v) is 18.1. The molecule has 1 amide bonds. The Labute approximate surface area is 182 Å². The summed E-state index contributed by atoms with van der Waals surface area (Å²) in [7, 11) is 0. The van der Waals surface area contributed by atoms with Crippen LogP contribution in [0, 0.1) is 0 Å². The molecular weight excluding hydrogens is 418 g/mol. The molecule has 0 bridgehead atoms. The first-order valence-corrected chi connectivity index (χ1v) is 10.7. The SMILES string of the molecule is CCOC(=O)Cc1csc(NC(=O)c2cc(-c3ccco3)nc3c2cnn3C(C)C)n1. The third-order valence-corrected chi connectivity index (χ3v) is 5.28. The molecule has 0 atom stereocenters. The largest absolute Gasteiger partial charge is 0.466 e. The molecule has 0 aliphatic rings. The molecule has 0 aliphatic carbocycles. The lowest BCUT2D eigenvalue weighted by atomic mass is 10.1. The van der Waals surface area contributed by atoms with Crippen molar-refractivity contribution >= 4 is 39.4 Å². The molecule has 160 valence electrons. The minimum Gasteiger partial charge on any atom is -0.466 e. The molecule has 31 heavy (non-hydrogen) atoms. The van der Waals surface area contributed by atoms with E-state index in [4.69, 9.17) is 9.15 Å². The number of nitrogens with one attached hydrogen (secondary N) is 1. The summed E-state index contributed by atoms with van der Waals surface area (Å²) in [6.07, 6.45) is 3.25. The third-order valence-electron chi connectivity index (χ3n) is 4.48. The lowest BCUT2D eigenvalue weighted by molar-refractivity contribution is -0.142. The Morgan fingerprint density at radius 1 is 1.32 bits per heavy atom. The first kappa shape index (κ1) is 20.7. The van der Waals surface area contributed by atoms with Crippen LogP contribution in [0.4, 0.5) is 5.13 Å². The minimum absolute atomic E-state index is 0.0590. The average molecular weight is 439 g/mol. The third kappa shape index (κ3) is 4.33. The monoisotopic (exact) mass is 439 g/mol. The number of amides is 1. The Balaban J connectivity index is 1.66. The van der Waals surface area contributed by atoms with Crippen LogP contribution in [0.2, 0.25) is 0 Å². The Hall–Kier alpha value is -3.53. The second-order valence-corrected chi connectivity index (χ2v) is 7.89. The van der Waals surface area contributed by atoms with Gasteiger partial charge in [0.2, 0.25) is 0 Å². The number of furan rings is 1. The van der Waals surface area contributed by atoms with Gasteiger partial charge >= 0.3 is 5.97 Å². The number of rotatable bonds is 7. The van der Waals surface area contributed by atoms with Gasteiger partial charge in [-0.05, 0) is 39.0 Å². The summed E-state index contributed by atoms with van der Waals surface area (Å²) in [6, 6.07) is 5.29. The number of hydrogen-bond acceptors (Lipinski definition) is 8. The number of thiazole rings is 1. The number of pyridine rings is 1. The lowest BCUT2D eigenvalue weighted by Gasteiger charge is -2.09. The van der Waals surface area contributed by atoms with E-state index >= 15 is 0 Å². The van der Waals surface area contributed by atoms with Crippen molar-refractivity contribution in [2.45, 2.75) is 33.2 Å². The summed E-state index contributed by atoms with van der Waals surface area (Å²) in [4.78, 5) is 33.8. The van der Waals surface area contributed by atoms with E-state index in [9.17, 15) is 9.59 Å². The molecule has 0 saturated carbocycles. The first-order chi connectivity index (χ1) is 15.0. The van der Waals surface area contributed by atoms with Gasteiger partial charge in [-0.1, -0.05) is 0 Å². The maximum atomic E-state index is 13.1. The molecule has 4 aromatic heterocycles. The molecule has 4 aromatic rings. The number of ether oxygens (including phenoxy) is 1. The highest BCUT2D eigenvalue weighted by Gasteiger charge is 2.20. The van der Waals surface area contributed by atoms with Gasteiger partial charge in [-0.25, -0.2) is 14.6 Å². The topological polar surface area (TPSA) is 112 Å². The summed E-state index contributed by atoms with van der Waals surface area (Å²) < 4.78 is 12.2. The quantitative estimate of drug-likeness (QED) is 0.432. The normalized spacial score (nSPS) is 11.2. The molecule has 0 saturated heterocycles. The van der Waals surface area contributed by atoms with Crippen LogP contribution in [0.15, 0.2) is 40.5 Å². The van der Waals surface area contributed by atoms with Gasteiger partial charge in [0.15, 0.2) is 16.5 Å². The fraction of sp³-hybridized carbons (Fsp3) is 0.286. The van der Waals surface area contributed by atoms with Crippen LogP contribution in [-0.2, 0) is 16.0 Å². The highest BCUT2D eigenvalue weighted by molar-refractivity contribution is 7.14. The summed E-state index contributed by atoms with van der Waals surface area (Å²) in [5, 5.41) is 9.95. The van der Waals surface area contributed by atoms with Crippen molar-refractivity contribution in [3.63, 3.8) is 0 Å². The molecular formula is C21H21N5O4S. The predicted molar refractivity (Wildman–Crippen MR) is 116 cm³/mol. The number of anilines is 1. The summed E-state index contributed by atoms with van der Waals surface area (Å²) in [6.45, 7) is 6.05. The minimum atomic E-state index is -0.356. The van der Waals surface area contributed by atoms with E-state index < -0.39 is 0 Å². The van der Waals surface area contributed by atoms with Gasteiger partial charge in [-0.2, -0.15) is 5.10 Å². The second kappa shape index (κ2) is 8.68. The van der Waals surface area contributed by atoms with Crippen molar-refractivity contribution in [1.29, 1.82) is 0 Å². The number of esters is 1. The fourth-order valence-electron chi connectivity index (χ4n) is 3.10. The number of aromatic nitrogens is 4. The van der Waals surface area contributed by atoms with E-state index in [-0.39, 0.29) is 24.3 Å². The Kier molecular flexibility index (Phi) is 5.81. The molecule has 0 fully saturated rings. The van der Waals surface area contributed by atoms with Crippen molar-refractivity contribution in [2.24, 2.45) is 0 Å². The van der Waals surface area contributed by atoms with E-state index in [2.05, 4.69) is 20.4 Å². The number of hydrogen-bond donors (Lipinski definition) is 1. The lowest BCUT2D eigenvalue weighted by Crippen LogP contribution is -2.13. The summed E-state index contributed by atoms with van der Waals surface area (Å²) >= 11 is 1.24. The highest BCUT2D eigenvalue weighted by Crippen LogP contribution is 2.27. The van der Waals surface area contributed by atoms with Gasteiger partial charge in [0.05, 0.1) is 42.1 Å². The Morgan fingerprint density at radius 3 is 2.87 bits per heavy atom. The zero-order chi connectivity index (χ0) is 22.0. The summed E-state index contributed by atoms with van der Waals surface area (Å²) in [5.41, 5.74) is 2.08. The van der Waals surface area contributed by atoms with Crippen molar-refractivity contribution < 1.29 is 18.7 Å². The second-order valence-electron chi connectivity index (χ2n) is 7.03. The molecule has 4 rings (SSSR count). The van der Waals surface area contributed by atoms with Crippen LogP contribution in [0.1, 0.15) is 42.9 Å². The Morgan fingerprint density at radius 2 is 2.16 bits per heavy atom. The van der Waals surface area contributed by atoms with Crippen molar-refractivity contribution in [3.8, 4) is 11.5 Å². The molecule has 0 unspecified atom stereocenters. The maximum absolute atomic E-state index is 13.1. The van der Waals surface area contributed by atoms with Crippen LogP contribution in [0.3, 0.4) is 0 Å². The van der Waals surface area contributed by atoms with E-state index in [1.54, 1.807) is 47.6 Å². The molecule has 0 radical (unpaired) electrons. The summed E-state index contributed by atoms with van der Waals surface area (Å²) in [5.74, 6) is -0.148. The molecule has 1 N–H and O–H groups in total. The van der Waals surface area contributed by atoms with E-state index in [0.717, 1.165) is 0 Å². The number of nitrogens with zero attached hydrogens (tertiary/aromatic N) is 4. The van der Waals surface area contributed by atoms with Gasteiger partial charge in [-0.3, -0.25) is 14.9 Å². The fourth-order valence-corrected chi connectivity index (χ4v) is 3.81. The van der Waals surface area contributed by atoms with Crippen molar-refractivity contribution in [2.75, 3.05) is 11.9 Å². The number of carbonyl (C=O) groups is 2. The highest BCUT2D eigenvalue weighted by atomic mass is 32.1. The molecule has 0 spiro atoms. The van der Waals surface area contributed by atoms with Crippen LogP contribution in [0.5, 0.6) is 0 Å². The van der Waals surface area contributed by atoms with Gasteiger partial charge < -0.3 is 9.15 Å². The van der Waals surface area contributed by atoms with Crippen LogP contribution < -0.4 is 5.32 Å². The van der Waals surface area contributed by atoms with Crippen LogP contribution in [0.25, 0.3) is 22.5 Å². The average Bonchev–Trinajstić information content (AvgIpc) is 3.48. The molecule has 10 heteroatoms. The van der Waals surface area contributed by atoms with Gasteiger partial charge in [-0.15, -0.1) is 11.3 Å². The van der Waals surface area contributed by atoms with Crippen LogP contribution >= 0.6 is 11.3 Å².